The molecule has 6 heteroatoms. The summed E-state index contributed by atoms with van der Waals surface area (Å²) in [6.07, 6.45) is 6.89. The summed E-state index contributed by atoms with van der Waals surface area (Å²) in [5.41, 5.74) is 0. The van der Waals surface area contributed by atoms with Crippen molar-refractivity contribution in [3.05, 3.63) is 12.2 Å². The Morgan fingerprint density at radius 1 is 1.21 bits per heavy atom. The van der Waals surface area contributed by atoms with Gasteiger partial charge in [0.25, 0.3) is 0 Å². The average Bonchev–Trinajstić information content (AvgIpc) is 2.92. The van der Waals surface area contributed by atoms with Crippen LogP contribution in [0.4, 0.5) is 0 Å². The van der Waals surface area contributed by atoms with Crippen LogP contribution in [0.15, 0.2) is 12.2 Å². The fraction of sp³-hybridized carbons (Fsp3) is 0.833. The van der Waals surface area contributed by atoms with Crippen LogP contribution in [-0.4, -0.2) is 56.9 Å². The first-order valence-corrected chi connectivity index (χ1v) is 9.03. The third-order valence-electron chi connectivity index (χ3n) is 4.45. The minimum Gasteiger partial charge on any atom is -0.481 e. The molecule has 0 aliphatic carbocycles. The molecule has 0 spiro atoms. The van der Waals surface area contributed by atoms with Crippen LogP contribution in [0.5, 0.6) is 0 Å². The fourth-order valence-electron chi connectivity index (χ4n) is 2.86. The Bertz CT molecular complexity index is 384. The number of carboxylic acid groups (broad SMARTS) is 1. The first kappa shape index (κ1) is 21.1. The molecule has 5 unspecified atom stereocenters. The van der Waals surface area contributed by atoms with Crippen molar-refractivity contribution in [3.63, 3.8) is 0 Å². The van der Waals surface area contributed by atoms with Crippen molar-refractivity contribution >= 4 is 5.97 Å². The van der Waals surface area contributed by atoms with E-state index in [0.29, 0.717) is 25.7 Å². The zero-order chi connectivity index (χ0) is 17.9. The maximum absolute atomic E-state index is 10.4. The largest absolute Gasteiger partial charge is 0.481 e. The second kappa shape index (κ2) is 11.6. The molecule has 5 atom stereocenters. The van der Waals surface area contributed by atoms with Gasteiger partial charge in [-0.15, -0.1) is 0 Å². The maximum Gasteiger partial charge on any atom is 0.303 e. The number of carbonyl (C=O) groups is 1. The highest BCUT2D eigenvalue weighted by Gasteiger charge is 2.36. The van der Waals surface area contributed by atoms with E-state index in [-0.39, 0.29) is 12.5 Å². The lowest BCUT2D eigenvalue weighted by Crippen LogP contribution is -2.26. The fourth-order valence-corrected chi connectivity index (χ4v) is 2.86. The van der Waals surface area contributed by atoms with Crippen LogP contribution in [-0.2, 0) is 9.53 Å². The Labute approximate surface area is 144 Å². The van der Waals surface area contributed by atoms with E-state index in [4.69, 9.17) is 9.84 Å². The maximum atomic E-state index is 10.4. The first-order chi connectivity index (χ1) is 11.4. The molecule has 6 nitrogen and oxygen atoms in total. The van der Waals surface area contributed by atoms with E-state index in [1.807, 2.05) is 6.92 Å². The molecule has 4 N–H and O–H groups in total. The van der Waals surface area contributed by atoms with Crippen molar-refractivity contribution in [2.45, 2.75) is 95.2 Å². The van der Waals surface area contributed by atoms with Crippen molar-refractivity contribution in [2.24, 2.45) is 0 Å². The van der Waals surface area contributed by atoms with Crippen LogP contribution < -0.4 is 0 Å². The van der Waals surface area contributed by atoms with E-state index < -0.39 is 30.4 Å². The van der Waals surface area contributed by atoms with Crippen LogP contribution in [0.2, 0.25) is 0 Å². The van der Waals surface area contributed by atoms with Gasteiger partial charge in [-0.05, 0) is 19.3 Å². The first-order valence-electron chi connectivity index (χ1n) is 9.03. The summed E-state index contributed by atoms with van der Waals surface area (Å²) in [6.45, 7) is 1.87. The minimum absolute atomic E-state index is 0.220. The lowest BCUT2D eigenvalue weighted by atomic mass is 10.0. The smallest absolute Gasteiger partial charge is 0.303 e. The molecule has 140 valence electrons. The van der Waals surface area contributed by atoms with Crippen molar-refractivity contribution in [1.82, 2.24) is 0 Å². The summed E-state index contributed by atoms with van der Waals surface area (Å²) in [4.78, 5) is 10.4. The number of carboxylic acids is 1. The number of ether oxygens (including phenoxy) is 1. The summed E-state index contributed by atoms with van der Waals surface area (Å²) in [5.74, 6) is -0.752. The van der Waals surface area contributed by atoms with Gasteiger partial charge in [-0.3, -0.25) is 4.79 Å². The van der Waals surface area contributed by atoms with Gasteiger partial charge in [-0.2, -0.15) is 0 Å². The predicted octanol–water partition coefficient (Wildman–Crippen LogP) is 2.01. The quantitative estimate of drug-likeness (QED) is 0.319. The van der Waals surface area contributed by atoms with Crippen LogP contribution in [0, 0.1) is 0 Å². The molecule has 1 aliphatic heterocycles. The molecular weight excluding hydrogens is 312 g/mol. The Morgan fingerprint density at radius 2 is 1.88 bits per heavy atom. The summed E-state index contributed by atoms with van der Waals surface area (Å²) in [6, 6.07) is 0. The second-order valence-corrected chi connectivity index (χ2v) is 6.57. The van der Waals surface area contributed by atoms with Gasteiger partial charge in [0.15, 0.2) is 0 Å². The summed E-state index contributed by atoms with van der Waals surface area (Å²) < 4.78 is 5.69. The molecule has 0 bridgehead atoms. The highest BCUT2D eigenvalue weighted by Crippen LogP contribution is 2.26. The van der Waals surface area contributed by atoms with Gasteiger partial charge in [-0.1, -0.05) is 44.8 Å². The van der Waals surface area contributed by atoms with Crippen LogP contribution in [0.1, 0.15) is 64.7 Å². The van der Waals surface area contributed by atoms with Crippen molar-refractivity contribution in [1.29, 1.82) is 0 Å². The standard InChI is InChI=1S/C18H32O6/c1-2-13(19)10-11-16-15(21)12-17(24-16)14(20)8-6-4-3-5-7-9-18(22)23/h10-11,13-17,19-21H,2-9,12H2,1H3,(H,22,23)/b11-10+. The molecule has 0 aromatic heterocycles. The molecular formula is C18H32O6. The zero-order valence-corrected chi connectivity index (χ0v) is 14.5. The third-order valence-corrected chi connectivity index (χ3v) is 4.45. The monoisotopic (exact) mass is 344 g/mol. The Hall–Kier alpha value is -0.950. The Kier molecular flexibility index (Phi) is 10.2. The molecule has 0 saturated carbocycles. The average molecular weight is 344 g/mol. The lowest BCUT2D eigenvalue weighted by Gasteiger charge is -2.18. The van der Waals surface area contributed by atoms with Crippen LogP contribution in [0.25, 0.3) is 0 Å². The Balaban J connectivity index is 2.18. The van der Waals surface area contributed by atoms with Crippen molar-refractivity contribution < 1.29 is 30.0 Å². The van der Waals surface area contributed by atoms with Gasteiger partial charge in [-0.25, -0.2) is 0 Å². The normalized spacial score (nSPS) is 26.8. The van der Waals surface area contributed by atoms with Crippen LogP contribution >= 0.6 is 0 Å². The van der Waals surface area contributed by atoms with E-state index in [1.165, 1.54) is 0 Å². The minimum atomic E-state index is -0.752. The van der Waals surface area contributed by atoms with Gasteiger partial charge < -0.3 is 25.2 Å². The molecule has 1 rings (SSSR count). The topological polar surface area (TPSA) is 107 Å². The Morgan fingerprint density at radius 3 is 2.54 bits per heavy atom. The number of aliphatic hydroxyl groups is 3. The lowest BCUT2D eigenvalue weighted by molar-refractivity contribution is -0.137. The van der Waals surface area contributed by atoms with Gasteiger partial charge in [0.05, 0.1) is 24.4 Å². The summed E-state index contributed by atoms with van der Waals surface area (Å²) >= 11 is 0. The number of hydrogen-bond acceptors (Lipinski definition) is 5. The SMILES string of the molecule is CCC(O)/C=C/C1OC(C(O)CCCCCCCC(=O)O)CC1O. The molecule has 0 radical (unpaired) electrons. The van der Waals surface area contributed by atoms with E-state index in [0.717, 1.165) is 25.7 Å². The molecule has 1 saturated heterocycles. The van der Waals surface area contributed by atoms with E-state index in [9.17, 15) is 20.1 Å². The highest BCUT2D eigenvalue weighted by molar-refractivity contribution is 5.66. The molecule has 1 fully saturated rings. The molecule has 0 aromatic carbocycles. The molecule has 0 amide bonds. The second-order valence-electron chi connectivity index (χ2n) is 6.57. The van der Waals surface area contributed by atoms with E-state index in [1.54, 1.807) is 12.2 Å². The summed E-state index contributed by atoms with van der Waals surface area (Å²) in [7, 11) is 0. The van der Waals surface area contributed by atoms with E-state index in [2.05, 4.69) is 0 Å². The molecule has 1 heterocycles. The van der Waals surface area contributed by atoms with Crippen LogP contribution in [0.3, 0.4) is 0 Å². The molecule has 1 aliphatic rings. The highest BCUT2D eigenvalue weighted by atomic mass is 16.5. The third kappa shape index (κ3) is 8.24. The van der Waals surface area contributed by atoms with Crippen molar-refractivity contribution in [2.75, 3.05) is 0 Å². The van der Waals surface area contributed by atoms with Gasteiger partial charge in [0.1, 0.15) is 6.10 Å². The number of aliphatic hydroxyl groups excluding tert-OH is 3. The van der Waals surface area contributed by atoms with Gasteiger partial charge in [0, 0.05) is 12.8 Å². The molecule has 24 heavy (non-hydrogen) atoms. The summed E-state index contributed by atoms with van der Waals surface area (Å²) in [5, 5.41) is 38.2. The number of aliphatic carboxylic acids is 1. The zero-order valence-electron chi connectivity index (χ0n) is 14.5. The number of hydrogen-bond donors (Lipinski definition) is 4. The van der Waals surface area contributed by atoms with Gasteiger partial charge >= 0.3 is 5.97 Å². The predicted molar refractivity (Wildman–Crippen MR) is 90.7 cm³/mol. The number of rotatable bonds is 12. The van der Waals surface area contributed by atoms with Gasteiger partial charge in [0.2, 0.25) is 0 Å². The van der Waals surface area contributed by atoms with E-state index >= 15 is 0 Å². The van der Waals surface area contributed by atoms with Crippen molar-refractivity contribution in [3.8, 4) is 0 Å². The number of unbranched alkanes of at least 4 members (excludes halogenated alkanes) is 4. The molecule has 0 aromatic rings.